The zero-order valence-corrected chi connectivity index (χ0v) is 9.79. The number of nitrogen functional groups attached to an aromatic ring is 1. The molecule has 0 saturated heterocycles. The van der Waals surface area contributed by atoms with Gasteiger partial charge in [-0.2, -0.15) is 0 Å². The number of hydrogen-bond acceptors (Lipinski definition) is 5. The van der Waals surface area contributed by atoms with E-state index in [9.17, 15) is 0 Å². The van der Waals surface area contributed by atoms with E-state index in [0.717, 1.165) is 28.4 Å². The van der Waals surface area contributed by atoms with E-state index in [0.29, 0.717) is 6.54 Å². The van der Waals surface area contributed by atoms with Crippen LogP contribution >= 0.6 is 11.3 Å². The zero-order chi connectivity index (χ0) is 11.7. The summed E-state index contributed by atoms with van der Waals surface area (Å²) in [6, 6.07) is 5.61. The number of nitrogens with two attached hydrogens (primary N) is 1. The predicted molar refractivity (Wildman–Crippen MR) is 69.9 cm³/mol. The van der Waals surface area contributed by atoms with Crippen molar-refractivity contribution in [2.45, 2.75) is 6.54 Å². The van der Waals surface area contributed by atoms with E-state index in [-0.39, 0.29) is 0 Å². The molecule has 2 aromatic heterocycles. The third kappa shape index (κ3) is 2.07. The number of aromatic amines is 1. The summed E-state index contributed by atoms with van der Waals surface area (Å²) in [5, 5.41) is 5.20. The Morgan fingerprint density at radius 1 is 1.41 bits per heavy atom. The maximum absolute atomic E-state index is 5.71. The number of thiazole rings is 1. The maximum Gasteiger partial charge on any atom is 0.201 e. The van der Waals surface area contributed by atoms with Crippen molar-refractivity contribution in [3.05, 3.63) is 34.8 Å². The minimum Gasteiger partial charge on any atom is -0.399 e. The second-order valence-corrected chi connectivity index (χ2v) is 4.41. The smallest absolute Gasteiger partial charge is 0.201 e. The molecule has 1 aromatic carbocycles. The lowest BCUT2D eigenvalue weighted by Crippen LogP contribution is -2.00. The lowest BCUT2D eigenvalue weighted by molar-refractivity contribution is 1.04. The largest absolute Gasteiger partial charge is 0.399 e. The van der Waals surface area contributed by atoms with Gasteiger partial charge in [0.2, 0.25) is 5.95 Å². The fourth-order valence-electron chi connectivity index (χ4n) is 1.61. The molecule has 0 spiro atoms. The fourth-order valence-corrected chi connectivity index (χ4v) is 2.17. The van der Waals surface area contributed by atoms with Gasteiger partial charge in [-0.3, -0.25) is 0 Å². The molecule has 0 radical (unpaired) electrons. The topological polar surface area (TPSA) is 79.6 Å². The Morgan fingerprint density at radius 2 is 2.35 bits per heavy atom. The molecule has 6 heteroatoms. The van der Waals surface area contributed by atoms with Crippen LogP contribution in [0.15, 0.2) is 29.1 Å². The Kier molecular flexibility index (Phi) is 2.41. The quantitative estimate of drug-likeness (QED) is 0.618. The van der Waals surface area contributed by atoms with Crippen molar-refractivity contribution in [3.8, 4) is 0 Å². The summed E-state index contributed by atoms with van der Waals surface area (Å²) < 4.78 is 0. The van der Waals surface area contributed by atoms with E-state index < -0.39 is 0 Å². The van der Waals surface area contributed by atoms with Crippen molar-refractivity contribution in [2.75, 3.05) is 11.1 Å². The van der Waals surface area contributed by atoms with Crippen LogP contribution in [0.5, 0.6) is 0 Å². The van der Waals surface area contributed by atoms with Crippen molar-refractivity contribution >= 4 is 34.0 Å². The molecule has 3 rings (SSSR count). The Morgan fingerprint density at radius 3 is 3.18 bits per heavy atom. The van der Waals surface area contributed by atoms with Gasteiger partial charge in [0.15, 0.2) is 0 Å². The van der Waals surface area contributed by atoms with Crippen molar-refractivity contribution in [1.29, 1.82) is 0 Å². The standard InChI is InChI=1S/C11H11N5S/c12-7-1-2-9-10(3-7)16-11(15-9)13-4-8-5-17-6-14-8/h1-3,5-6H,4,12H2,(H2,13,15,16). The zero-order valence-electron chi connectivity index (χ0n) is 8.97. The number of nitrogens with zero attached hydrogens (tertiary/aromatic N) is 2. The van der Waals surface area contributed by atoms with E-state index in [1.54, 1.807) is 11.3 Å². The molecule has 0 unspecified atom stereocenters. The van der Waals surface area contributed by atoms with Crippen LogP contribution < -0.4 is 11.1 Å². The Bertz CT molecular complexity index is 628. The van der Waals surface area contributed by atoms with E-state index in [1.807, 2.05) is 29.1 Å². The van der Waals surface area contributed by atoms with Gasteiger partial charge in [0, 0.05) is 11.1 Å². The lowest BCUT2D eigenvalue weighted by Gasteiger charge is -1.98. The number of H-pyrrole nitrogens is 1. The van der Waals surface area contributed by atoms with Gasteiger partial charge in [0.1, 0.15) is 0 Å². The molecule has 0 aliphatic carbocycles. The summed E-state index contributed by atoms with van der Waals surface area (Å²) in [7, 11) is 0. The summed E-state index contributed by atoms with van der Waals surface area (Å²) in [5.74, 6) is 0.735. The molecule has 3 aromatic rings. The second kappa shape index (κ2) is 4.06. The molecule has 0 aliphatic rings. The number of nitrogens with one attached hydrogen (secondary N) is 2. The van der Waals surface area contributed by atoms with Crippen LogP contribution in [0.4, 0.5) is 11.6 Å². The van der Waals surface area contributed by atoms with Gasteiger partial charge in [0.25, 0.3) is 0 Å². The Labute approximate surface area is 102 Å². The summed E-state index contributed by atoms with van der Waals surface area (Å²) >= 11 is 1.58. The van der Waals surface area contributed by atoms with Crippen LogP contribution in [-0.4, -0.2) is 15.0 Å². The van der Waals surface area contributed by atoms with Crippen LogP contribution in [0.3, 0.4) is 0 Å². The first-order valence-corrected chi connectivity index (χ1v) is 6.12. The van der Waals surface area contributed by atoms with Gasteiger partial charge in [-0.05, 0) is 18.2 Å². The third-order valence-corrected chi connectivity index (χ3v) is 3.06. The number of imidazole rings is 1. The molecule has 4 N–H and O–H groups in total. The first-order valence-electron chi connectivity index (χ1n) is 5.17. The minimum absolute atomic E-state index is 0.665. The molecular weight excluding hydrogens is 234 g/mol. The molecule has 0 amide bonds. The summed E-state index contributed by atoms with van der Waals surface area (Å²) in [6.45, 7) is 0.665. The van der Waals surface area contributed by atoms with Gasteiger partial charge < -0.3 is 16.0 Å². The number of anilines is 2. The Balaban J connectivity index is 1.81. The highest BCUT2D eigenvalue weighted by molar-refractivity contribution is 7.07. The average Bonchev–Trinajstić information content (AvgIpc) is 2.94. The van der Waals surface area contributed by atoms with E-state index >= 15 is 0 Å². The van der Waals surface area contributed by atoms with Crippen molar-refractivity contribution in [2.24, 2.45) is 0 Å². The van der Waals surface area contributed by atoms with Crippen molar-refractivity contribution in [3.63, 3.8) is 0 Å². The van der Waals surface area contributed by atoms with Gasteiger partial charge >= 0.3 is 0 Å². The normalized spacial score (nSPS) is 10.8. The van der Waals surface area contributed by atoms with Crippen LogP contribution in [0.25, 0.3) is 11.0 Å². The Hall–Kier alpha value is -2.08. The highest BCUT2D eigenvalue weighted by Gasteiger charge is 2.03. The SMILES string of the molecule is Nc1ccc2nc(NCc3cscn3)[nH]c2c1. The number of hydrogen-bond donors (Lipinski definition) is 3. The molecule has 0 fully saturated rings. The molecule has 5 nitrogen and oxygen atoms in total. The molecular formula is C11H11N5S. The number of benzene rings is 1. The monoisotopic (exact) mass is 245 g/mol. The second-order valence-electron chi connectivity index (χ2n) is 3.70. The van der Waals surface area contributed by atoms with E-state index in [2.05, 4.69) is 20.3 Å². The van der Waals surface area contributed by atoms with Gasteiger partial charge in [0.05, 0.1) is 28.8 Å². The van der Waals surface area contributed by atoms with Crippen molar-refractivity contribution in [1.82, 2.24) is 15.0 Å². The fraction of sp³-hybridized carbons (Fsp3) is 0.0909. The number of aromatic nitrogens is 3. The third-order valence-electron chi connectivity index (χ3n) is 2.43. The molecule has 2 heterocycles. The highest BCUT2D eigenvalue weighted by Crippen LogP contribution is 2.17. The predicted octanol–water partition coefficient (Wildman–Crippen LogP) is 2.21. The number of rotatable bonds is 3. The van der Waals surface area contributed by atoms with E-state index in [4.69, 9.17) is 5.73 Å². The first kappa shape index (κ1) is 10.1. The average molecular weight is 245 g/mol. The van der Waals surface area contributed by atoms with Gasteiger partial charge in [-0.15, -0.1) is 11.3 Å². The van der Waals surface area contributed by atoms with Crippen LogP contribution in [0.2, 0.25) is 0 Å². The molecule has 0 bridgehead atoms. The molecule has 0 aliphatic heterocycles. The maximum atomic E-state index is 5.71. The van der Waals surface area contributed by atoms with Crippen LogP contribution in [0.1, 0.15) is 5.69 Å². The minimum atomic E-state index is 0.665. The first-order chi connectivity index (χ1) is 8.31. The van der Waals surface area contributed by atoms with E-state index in [1.165, 1.54) is 0 Å². The molecule has 0 atom stereocenters. The summed E-state index contributed by atoms with van der Waals surface area (Å²) in [4.78, 5) is 11.8. The summed E-state index contributed by atoms with van der Waals surface area (Å²) in [6.07, 6.45) is 0. The lowest BCUT2D eigenvalue weighted by atomic mass is 10.3. The van der Waals surface area contributed by atoms with Gasteiger partial charge in [-0.25, -0.2) is 9.97 Å². The van der Waals surface area contributed by atoms with Gasteiger partial charge in [-0.1, -0.05) is 0 Å². The molecule has 86 valence electrons. The number of fused-ring (bicyclic) bond motifs is 1. The summed E-state index contributed by atoms with van der Waals surface area (Å²) in [5.41, 5.74) is 11.1. The molecule has 17 heavy (non-hydrogen) atoms. The van der Waals surface area contributed by atoms with Crippen LogP contribution in [0, 0.1) is 0 Å². The van der Waals surface area contributed by atoms with Crippen molar-refractivity contribution < 1.29 is 0 Å². The highest BCUT2D eigenvalue weighted by atomic mass is 32.1. The molecule has 0 saturated carbocycles. The van der Waals surface area contributed by atoms with Crippen LogP contribution in [-0.2, 0) is 6.54 Å².